The Morgan fingerprint density at radius 2 is 1.97 bits per heavy atom. The molecule has 1 amide bonds. The van der Waals surface area contributed by atoms with E-state index in [9.17, 15) is 10.1 Å². The van der Waals surface area contributed by atoms with Crippen molar-refractivity contribution in [3.05, 3.63) is 102 Å². The summed E-state index contributed by atoms with van der Waals surface area (Å²) in [5.74, 6) is -0.318. The first-order chi connectivity index (χ1) is 14.3. The Bertz CT molecular complexity index is 1240. The van der Waals surface area contributed by atoms with Crippen LogP contribution in [-0.4, -0.2) is 21.7 Å². The summed E-state index contributed by atoms with van der Waals surface area (Å²) in [6, 6.07) is 21.1. The number of fused-ring (bicyclic) bond motifs is 1. The number of nitrogens with one attached hydrogen (secondary N) is 1. The number of pyridine rings is 1. The first-order valence-corrected chi connectivity index (χ1v) is 9.05. The molecule has 4 aromatic rings. The average molecular weight is 379 g/mol. The molecule has 29 heavy (non-hydrogen) atoms. The summed E-state index contributed by atoms with van der Waals surface area (Å²) in [4.78, 5) is 16.0. The minimum Gasteiger partial charge on any atom is -0.342 e. The highest BCUT2D eigenvalue weighted by Gasteiger charge is 2.09. The lowest BCUT2D eigenvalue weighted by Gasteiger charge is -2.07. The quantitative estimate of drug-likeness (QED) is 0.424. The molecule has 0 unspecified atom stereocenters. The third kappa shape index (κ3) is 3.89. The maximum atomic E-state index is 12.1. The van der Waals surface area contributed by atoms with Crippen molar-refractivity contribution in [2.45, 2.75) is 6.54 Å². The van der Waals surface area contributed by atoms with Crippen LogP contribution in [0, 0.1) is 11.3 Å². The van der Waals surface area contributed by atoms with Gasteiger partial charge in [-0.05, 0) is 29.8 Å². The summed E-state index contributed by atoms with van der Waals surface area (Å²) in [5.41, 5.74) is 6.48. The zero-order valence-corrected chi connectivity index (χ0v) is 15.5. The monoisotopic (exact) mass is 379 g/mol. The van der Waals surface area contributed by atoms with E-state index < -0.39 is 0 Å². The number of hydrogen-bond acceptors (Lipinski definition) is 4. The zero-order valence-electron chi connectivity index (χ0n) is 15.5. The van der Waals surface area contributed by atoms with E-state index in [4.69, 9.17) is 0 Å². The summed E-state index contributed by atoms with van der Waals surface area (Å²) in [5, 5.41) is 14.5. The number of hydrazone groups is 1. The Morgan fingerprint density at radius 1 is 1.14 bits per heavy atom. The van der Waals surface area contributed by atoms with Crippen molar-refractivity contribution in [2.24, 2.45) is 5.10 Å². The van der Waals surface area contributed by atoms with Crippen LogP contribution >= 0.6 is 0 Å². The second kappa shape index (κ2) is 8.19. The Labute approximate surface area is 167 Å². The standard InChI is InChI=1S/C23H17N5O/c24-12-17-6-1-2-7-19(17)15-28-16-20(21-9-3-4-10-22(21)28)14-26-27-23(29)18-8-5-11-25-13-18/h1-11,13-14,16H,15H2,(H,27,29)/b26-14+. The topological polar surface area (TPSA) is 83.1 Å². The van der Waals surface area contributed by atoms with E-state index in [1.165, 1.54) is 6.20 Å². The average Bonchev–Trinajstić information content (AvgIpc) is 3.12. The van der Waals surface area contributed by atoms with Gasteiger partial charge in [0, 0.05) is 41.6 Å². The highest BCUT2D eigenvalue weighted by Crippen LogP contribution is 2.22. The molecule has 0 radical (unpaired) electrons. The maximum Gasteiger partial charge on any atom is 0.272 e. The number of carbonyl (C=O) groups excluding carboxylic acids is 1. The molecule has 0 atom stereocenters. The molecule has 0 aliphatic heterocycles. The molecule has 2 aromatic carbocycles. The third-order valence-corrected chi connectivity index (χ3v) is 4.59. The molecule has 0 aliphatic rings. The molecule has 0 fully saturated rings. The van der Waals surface area contributed by atoms with Gasteiger partial charge in [-0.1, -0.05) is 36.4 Å². The maximum absolute atomic E-state index is 12.1. The molecule has 6 nitrogen and oxygen atoms in total. The summed E-state index contributed by atoms with van der Waals surface area (Å²) >= 11 is 0. The van der Waals surface area contributed by atoms with Crippen molar-refractivity contribution in [3.63, 3.8) is 0 Å². The molecule has 1 N–H and O–H groups in total. The summed E-state index contributed by atoms with van der Waals surface area (Å²) in [6.45, 7) is 0.570. The molecule has 0 saturated carbocycles. The first kappa shape index (κ1) is 18.1. The van der Waals surface area contributed by atoms with Crippen molar-refractivity contribution in [1.29, 1.82) is 5.26 Å². The summed E-state index contributed by atoms with van der Waals surface area (Å²) < 4.78 is 2.08. The first-order valence-electron chi connectivity index (χ1n) is 9.05. The zero-order chi connectivity index (χ0) is 20.1. The van der Waals surface area contributed by atoms with Gasteiger partial charge in [-0.3, -0.25) is 9.78 Å². The van der Waals surface area contributed by atoms with Gasteiger partial charge in [-0.2, -0.15) is 10.4 Å². The van der Waals surface area contributed by atoms with E-state index in [1.807, 2.05) is 54.7 Å². The van der Waals surface area contributed by atoms with E-state index in [0.29, 0.717) is 17.7 Å². The van der Waals surface area contributed by atoms with Crippen LogP contribution in [0.15, 0.2) is 84.4 Å². The highest BCUT2D eigenvalue weighted by atomic mass is 16.2. The van der Waals surface area contributed by atoms with Gasteiger partial charge < -0.3 is 4.57 Å². The van der Waals surface area contributed by atoms with Gasteiger partial charge >= 0.3 is 0 Å². The lowest BCUT2D eigenvalue weighted by atomic mass is 10.1. The predicted octanol–water partition coefficient (Wildman–Crippen LogP) is 3.72. The second-order valence-corrected chi connectivity index (χ2v) is 6.44. The van der Waals surface area contributed by atoms with E-state index in [-0.39, 0.29) is 5.91 Å². The van der Waals surface area contributed by atoms with Crippen LogP contribution in [0.4, 0.5) is 0 Å². The number of nitriles is 1. The number of carbonyl (C=O) groups is 1. The molecule has 2 heterocycles. The molecule has 0 aliphatic carbocycles. The van der Waals surface area contributed by atoms with Crippen LogP contribution in [0.3, 0.4) is 0 Å². The molecule has 6 heteroatoms. The number of para-hydroxylation sites is 1. The normalized spacial score (nSPS) is 10.9. The van der Waals surface area contributed by atoms with Gasteiger partial charge in [0.2, 0.25) is 0 Å². The number of rotatable bonds is 5. The molecular formula is C23H17N5O. The van der Waals surface area contributed by atoms with Crippen LogP contribution in [-0.2, 0) is 6.54 Å². The minimum absolute atomic E-state index is 0.318. The van der Waals surface area contributed by atoms with E-state index in [0.717, 1.165) is 22.0 Å². The second-order valence-electron chi connectivity index (χ2n) is 6.44. The van der Waals surface area contributed by atoms with E-state index in [2.05, 4.69) is 26.1 Å². The van der Waals surface area contributed by atoms with Gasteiger partial charge in [-0.15, -0.1) is 0 Å². The van der Waals surface area contributed by atoms with Crippen LogP contribution in [0.5, 0.6) is 0 Å². The van der Waals surface area contributed by atoms with E-state index in [1.54, 1.807) is 24.5 Å². The molecule has 2 aromatic heterocycles. The van der Waals surface area contributed by atoms with Crippen molar-refractivity contribution < 1.29 is 4.79 Å². The number of hydrogen-bond donors (Lipinski definition) is 1. The summed E-state index contributed by atoms with van der Waals surface area (Å²) in [7, 11) is 0. The number of aromatic nitrogens is 2. The van der Waals surface area contributed by atoms with Crippen LogP contribution < -0.4 is 5.43 Å². The van der Waals surface area contributed by atoms with Crippen molar-refractivity contribution >= 4 is 23.0 Å². The number of benzene rings is 2. The van der Waals surface area contributed by atoms with Gasteiger partial charge in [0.15, 0.2) is 0 Å². The lowest BCUT2D eigenvalue weighted by molar-refractivity contribution is 0.0955. The van der Waals surface area contributed by atoms with Gasteiger partial charge in [0.1, 0.15) is 0 Å². The van der Waals surface area contributed by atoms with Crippen LogP contribution in [0.25, 0.3) is 10.9 Å². The fraction of sp³-hybridized carbons (Fsp3) is 0.0435. The minimum atomic E-state index is -0.318. The van der Waals surface area contributed by atoms with Gasteiger partial charge in [0.05, 0.1) is 23.4 Å². The fourth-order valence-corrected chi connectivity index (χ4v) is 3.18. The lowest BCUT2D eigenvalue weighted by Crippen LogP contribution is -2.17. The SMILES string of the molecule is N#Cc1ccccc1Cn1cc(/C=N/NC(=O)c2cccnc2)c2ccccc21. The van der Waals surface area contributed by atoms with Crippen LogP contribution in [0.2, 0.25) is 0 Å². The largest absolute Gasteiger partial charge is 0.342 e. The predicted molar refractivity (Wildman–Crippen MR) is 111 cm³/mol. The Kier molecular flexibility index (Phi) is 5.12. The number of nitrogens with zero attached hydrogens (tertiary/aromatic N) is 4. The molecular weight excluding hydrogens is 362 g/mol. The van der Waals surface area contributed by atoms with Gasteiger partial charge in [0.25, 0.3) is 5.91 Å². The summed E-state index contributed by atoms with van der Waals surface area (Å²) in [6.07, 6.45) is 6.70. The third-order valence-electron chi connectivity index (χ3n) is 4.59. The Hall–Kier alpha value is -4.24. The van der Waals surface area contributed by atoms with Gasteiger partial charge in [-0.25, -0.2) is 5.43 Å². The molecule has 0 bridgehead atoms. The van der Waals surface area contributed by atoms with Crippen molar-refractivity contribution in [1.82, 2.24) is 15.0 Å². The number of amides is 1. The van der Waals surface area contributed by atoms with Crippen LogP contribution in [0.1, 0.15) is 27.0 Å². The smallest absolute Gasteiger partial charge is 0.272 e. The highest BCUT2D eigenvalue weighted by molar-refractivity contribution is 6.00. The molecule has 0 spiro atoms. The Morgan fingerprint density at radius 3 is 2.79 bits per heavy atom. The molecule has 4 rings (SSSR count). The Balaban J connectivity index is 1.61. The van der Waals surface area contributed by atoms with Crippen molar-refractivity contribution in [2.75, 3.05) is 0 Å². The molecule has 0 saturated heterocycles. The fourth-order valence-electron chi connectivity index (χ4n) is 3.18. The van der Waals surface area contributed by atoms with Crippen molar-refractivity contribution in [3.8, 4) is 6.07 Å². The van der Waals surface area contributed by atoms with E-state index >= 15 is 0 Å². The molecule has 140 valence electrons.